The molecule has 3 heterocycles. The van der Waals surface area contributed by atoms with Gasteiger partial charge in [-0.3, -0.25) is 9.69 Å². The first-order valence-electron chi connectivity index (χ1n) is 10.8. The molecule has 34 heavy (non-hydrogen) atoms. The Morgan fingerprint density at radius 3 is 2.62 bits per heavy atom. The van der Waals surface area contributed by atoms with Gasteiger partial charge in [0.2, 0.25) is 11.5 Å². The van der Waals surface area contributed by atoms with Gasteiger partial charge in [-0.05, 0) is 48.9 Å². The van der Waals surface area contributed by atoms with Crippen LogP contribution in [0.4, 0.5) is 0 Å². The second-order valence-corrected chi connectivity index (χ2v) is 8.08. The Kier molecular flexibility index (Phi) is 5.67. The number of rotatable bonds is 6. The lowest BCUT2D eigenvalue weighted by Gasteiger charge is -2.29. The second kappa shape index (κ2) is 8.79. The molecular formula is C26H25NO7. The van der Waals surface area contributed by atoms with Gasteiger partial charge in [-0.15, -0.1) is 0 Å². The minimum atomic E-state index is -0.185. The van der Waals surface area contributed by atoms with E-state index in [4.69, 9.17) is 28.1 Å². The maximum Gasteiger partial charge on any atom is 0.232 e. The molecule has 2 aliphatic heterocycles. The number of furan rings is 1. The van der Waals surface area contributed by atoms with E-state index in [9.17, 15) is 4.79 Å². The third-order valence-corrected chi connectivity index (χ3v) is 5.97. The highest BCUT2D eigenvalue weighted by Gasteiger charge is 2.36. The molecular weight excluding hydrogens is 438 g/mol. The number of benzene rings is 2. The van der Waals surface area contributed by atoms with Crippen LogP contribution in [0.25, 0.3) is 6.08 Å². The summed E-state index contributed by atoms with van der Waals surface area (Å²) in [4.78, 5) is 15.5. The van der Waals surface area contributed by atoms with Gasteiger partial charge in [0.15, 0.2) is 17.3 Å². The summed E-state index contributed by atoms with van der Waals surface area (Å²) in [5, 5.41) is 0. The molecule has 8 heteroatoms. The van der Waals surface area contributed by atoms with Crippen LogP contribution in [0.2, 0.25) is 0 Å². The first-order valence-corrected chi connectivity index (χ1v) is 10.8. The van der Waals surface area contributed by atoms with Crippen molar-refractivity contribution in [2.45, 2.75) is 20.0 Å². The Bertz CT molecular complexity index is 1280. The lowest BCUT2D eigenvalue weighted by molar-refractivity contribution is 0.0809. The highest BCUT2D eigenvalue weighted by Crippen LogP contribution is 2.46. The van der Waals surface area contributed by atoms with Crippen LogP contribution in [0.15, 0.2) is 46.8 Å². The molecule has 1 aromatic heterocycles. The number of methoxy groups -OCH3 is 3. The van der Waals surface area contributed by atoms with Crippen LogP contribution < -0.4 is 23.7 Å². The Balaban J connectivity index is 1.51. The highest BCUT2D eigenvalue weighted by molar-refractivity contribution is 6.16. The number of hydrogen-bond donors (Lipinski definition) is 0. The van der Waals surface area contributed by atoms with Gasteiger partial charge in [0.05, 0.1) is 45.3 Å². The van der Waals surface area contributed by atoms with Gasteiger partial charge >= 0.3 is 0 Å². The molecule has 176 valence electrons. The number of allylic oxidation sites excluding steroid dienone is 1. The van der Waals surface area contributed by atoms with Crippen LogP contribution in [0, 0.1) is 6.92 Å². The number of ketones is 1. The molecule has 0 atom stereocenters. The predicted molar refractivity (Wildman–Crippen MR) is 124 cm³/mol. The van der Waals surface area contributed by atoms with Crippen molar-refractivity contribution in [2.75, 3.05) is 28.1 Å². The molecule has 5 rings (SSSR count). The fourth-order valence-corrected chi connectivity index (χ4v) is 4.38. The van der Waals surface area contributed by atoms with E-state index in [1.807, 2.05) is 25.1 Å². The van der Waals surface area contributed by atoms with E-state index >= 15 is 0 Å². The van der Waals surface area contributed by atoms with Crippen LogP contribution >= 0.6 is 0 Å². The summed E-state index contributed by atoms with van der Waals surface area (Å²) >= 11 is 0. The Morgan fingerprint density at radius 2 is 1.91 bits per heavy atom. The molecule has 0 amide bonds. The van der Waals surface area contributed by atoms with E-state index in [1.54, 1.807) is 31.6 Å². The molecule has 0 saturated carbocycles. The van der Waals surface area contributed by atoms with E-state index in [2.05, 4.69) is 4.90 Å². The van der Waals surface area contributed by atoms with Gasteiger partial charge in [-0.25, -0.2) is 0 Å². The summed E-state index contributed by atoms with van der Waals surface area (Å²) in [6.07, 6.45) is 3.32. The molecule has 2 aromatic carbocycles. The molecule has 8 nitrogen and oxygen atoms in total. The highest BCUT2D eigenvalue weighted by atomic mass is 16.5. The molecule has 0 radical (unpaired) electrons. The number of Topliss-reactive ketones (excluding diaryl/α,β-unsaturated/α-hetero) is 1. The smallest absolute Gasteiger partial charge is 0.232 e. The van der Waals surface area contributed by atoms with Gasteiger partial charge in [-0.2, -0.15) is 0 Å². The van der Waals surface area contributed by atoms with E-state index in [0.29, 0.717) is 53.9 Å². The maximum atomic E-state index is 13.4. The van der Waals surface area contributed by atoms with Crippen molar-refractivity contribution in [1.29, 1.82) is 0 Å². The third-order valence-electron chi connectivity index (χ3n) is 5.97. The van der Waals surface area contributed by atoms with Crippen LogP contribution in [0.1, 0.15) is 32.8 Å². The zero-order valence-electron chi connectivity index (χ0n) is 19.5. The number of hydrogen-bond acceptors (Lipinski definition) is 8. The minimum absolute atomic E-state index is 0.185. The summed E-state index contributed by atoms with van der Waals surface area (Å²) in [6, 6.07) is 9.24. The van der Waals surface area contributed by atoms with E-state index in [0.717, 1.165) is 22.6 Å². The molecule has 0 spiro atoms. The molecule has 0 N–H and O–H groups in total. The van der Waals surface area contributed by atoms with Gasteiger partial charge in [0.1, 0.15) is 24.0 Å². The largest absolute Gasteiger partial charge is 0.493 e. The summed E-state index contributed by atoms with van der Waals surface area (Å²) in [5.74, 6) is 3.55. The number of ether oxygens (including phenoxy) is 5. The quantitative estimate of drug-likeness (QED) is 0.492. The number of fused-ring (bicyclic) bond motifs is 3. The first kappa shape index (κ1) is 21.9. The van der Waals surface area contributed by atoms with E-state index < -0.39 is 0 Å². The van der Waals surface area contributed by atoms with Crippen LogP contribution in [-0.2, 0) is 13.1 Å². The van der Waals surface area contributed by atoms with Crippen LogP contribution in [0.5, 0.6) is 28.7 Å². The van der Waals surface area contributed by atoms with Crippen molar-refractivity contribution in [3.8, 4) is 28.7 Å². The van der Waals surface area contributed by atoms with Gasteiger partial charge in [0.25, 0.3) is 0 Å². The summed E-state index contributed by atoms with van der Waals surface area (Å²) < 4.78 is 34.0. The number of aryl methyl sites for hydroxylation is 1. The molecule has 0 saturated heterocycles. The van der Waals surface area contributed by atoms with Gasteiger partial charge in [0, 0.05) is 12.1 Å². The standard InChI is InChI=1S/C26H25NO7/c1-15-10-20-18(13-27(14-33-20)12-17-6-5-9-32-17)25-22(15)23(28)21(34-25)11-16-7-8-19(29-2)26(31-4)24(16)30-3/h5-11H,12-14H2,1-4H3/b21-11-. The molecule has 3 aromatic rings. The Hall–Kier alpha value is -3.91. The summed E-state index contributed by atoms with van der Waals surface area (Å²) in [6.45, 7) is 3.47. The fraction of sp³-hybridized carbons (Fsp3) is 0.269. The van der Waals surface area contributed by atoms with Crippen molar-refractivity contribution in [1.82, 2.24) is 4.90 Å². The monoisotopic (exact) mass is 463 g/mol. The average Bonchev–Trinajstić information content (AvgIpc) is 3.47. The van der Waals surface area contributed by atoms with Crippen molar-refractivity contribution >= 4 is 11.9 Å². The lowest BCUT2D eigenvalue weighted by Crippen LogP contribution is -2.31. The van der Waals surface area contributed by atoms with E-state index in [-0.39, 0.29) is 11.5 Å². The number of carbonyl (C=O) groups excluding carboxylic acids is 1. The molecule has 0 aliphatic carbocycles. The normalized spacial score (nSPS) is 16.0. The van der Waals surface area contributed by atoms with Crippen molar-refractivity contribution < 1.29 is 32.9 Å². The summed E-state index contributed by atoms with van der Waals surface area (Å²) in [5.41, 5.74) is 2.83. The predicted octanol–water partition coefficient (Wildman–Crippen LogP) is 4.58. The topological polar surface area (TPSA) is 79.6 Å². The molecule has 0 fully saturated rings. The van der Waals surface area contributed by atoms with Crippen LogP contribution in [0.3, 0.4) is 0 Å². The van der Waals surface area contributed by atoms with E-state index in [1.165, 1.54) is 14.2 Å². The minimum Gasteiger partial charge on any atom is -0.493 e. The third kappa shape index (κ3) is 3.66. The second-order valence-electron chi connectivity index (χ2n) is 8.08. The fourth-order valence-electron chi connectivity index (χ4n) is 4.38. The summed E-state index contributed by atoms with van der Waals surface area (Å²) in [7, 11) is 4.63. The first-order chi connectivity index (χ1) is 16.5. The number of carbonyl (C=O) groups is 1. The number of nitrogens with zero attached hydrogens (tertiary/aromatic N) is 1. The Labute approximate surface area is 197 Å². The zero-order chi connectivity index (χ0) is 23.8. The van der Waals surface area contributed by atoms with Crippen molar-refractivity contribution in [2.24, 2.45) is 0 Å². The van der Waals surface area contributed by atoms with Gasteiger partial charge in [-0.1, -0.05) is 0 Å². The van der Waals surface area contributed by atoms with Crippen molar-refractivity contribution in [3.63, 3.8) is 0 Å². The maximum absolute atomic E-state index is 13.4. The molecule has 2 aliphatic rings. The zero-order valence-corrected chi connectivity index (χ0v) is 19.5. The van der Waals surface area contributed by atoms with Gasteiger partial charge < -0.3 is 28.1 Å². The Morgan fingerprint density at radius 1 is 1.09 bits per heavy atom. The van der Waals surface area contributed by atoms with Crippen molar-refractivity contribution in [3.05, 3.63) is 70.4 Å². The molecule has 0 bridgehead atoms. The lowest BCUT2D eigenvalue weighted by atomic mass is 9.98. The SMILES string of the molecule is COc1ccc(/C=C2\Oc3c4c(cc(C)c3C2=O)OCN(Cc2ccco2)C4)c(OC)c1OC. The average molecular weight is 463 g/mol. The molecule has 0 unspecified atom stereocenters. The van der Waals surface area contributed by atoms with Crippen LogP contribution in [-0.4, -0.2) is 38.7 Å².